The number of methoxy groups -OCH3 is 2. The maximum atomic E-state index is 12.6. The van der Waals surface area contributed by atoms with Crippen LogP contribution in [0.2, 0.25) is 0 Å². The van der Waals surface area contributed by atoms with Crippen LogP contribution >= 0.6 is 0 Å². The average Bonchev–Trinajstić information content (AvgIpc) is 3.17. The zero-order chi connectivity index (χ0) is 19.0. The van der Waals surface area contributed by atoms with E-state index in [1.807, 2.05) is 17.6 Å². The highest BCUT2D eigenvalue weighted by Crippen LogP contribution is 2.34. The lowest BCUT2D eigenvalue weighted by atomic mass is 10.2. The summed E-state index contributed by atoms with van der Waals surface area (Å²) >= 11 is 0. The van der Waals surface area contributed by atoms with Gasteiger partial charge in [-0.15, -0.1) is 0 Å². The van der Waals surface area contributed by atoms with Crippen molar-refractivity contribution in [2.24, 2.45) is 4.99 Å². The van der Waals surface area contributed by atoms with Gasteiger partial charge in [0.05, 0.1) is 25.3 Å². The standard InChI is InChI=1S/C19H19N5O3/c1-11-6-12(10-20-9-11)18(25)23-19-22-14-8-16(27-3)15(26-2)7-13(14)17-21-4-5-24(17)19/h6-10,21H,4-5H2,1-3H3. The van der Waals surface area contributed by atoms with Crippen LogP contribution in [0.5, 0.6) is 11.5 Å². The molecule has 0 fully saturated rings. The molecule has 0 bridgehead atoms. The lowest BCUT2D eigenvalue weighted by Crippen LogP contribution is -2.24. The van der Waals surface area contributed by atoms with Gasteiger partial charge in [-0.1, -0.05) is 0 Å². The average molecular weight is 365 g/mol. The van der Waals surface area contributed by atoms with E-state index in [1.54, 1.807) is 32.5 Å². The molecule has 1 aliphatic rings. The van der Waals surface area contributed by atoms with Crippen LogP contribution in [0.1, 0.15) is 15.9 Å². The van der Waals surface area contributed by atoms with Crippen LogP contribution in [-0.4, -0.2) is 41.2 Å². The molecular formula is C19H19N5O3. The summed E-state index contributed by atoms with van der Waals surface area (Å²) in [6.45, 7) is 3.29. The second-order valence-corrected chi connectivity index (χ2v) is 6.23. The number of hydrogen-bond donors (Lipinski definition) is 1. The lowest BCUT2D eigenvalue weighted by Gasteiger charge is -2.12. The van der Waals surface area contributed by atoms with Crippen molar-refractivity contribution in [3.8, 4) is 11.5 Å². The molecule has 0 saturated carbocycles. The highest BCUT2D eigenvalue weighted by Gasteiger charge is 2.18. The van der Waals surface area contributed by atoms with E-state index in [4.69, 9.17) is 9.47 Å². The molecule has 0 unspecified atom stereocenters. The van der Waals surface area contributed by atoms with Crippen molar-refractivity contribution in [2.75, 3.05) is 26.1 Å². The molecule has 0 aliphatic carbocycles. The molecule has 0 atom stereocenters. The molecule has 0 saturated heterocycles. The third-order valence-electron chi connectivity index (χ3n) is 4.44. The highest BCUT2D eigenvalue weighted by atomic mass is 16.5. The first kappa shape index (κ1) is 17.0. The van der Waals surface area contributed by atoms with Gasteiger partial charge in [-0.2, -0.15) is 4.99 Å². The summed E-state index contributed by atoms with van der Waals surface area (Å²) in [5.74, 6) is 1.67. The summed E-state index contributed by atoms with van der Waals surface area (Å²) in [4.78, 5) is 25.5. The van der Waals surface area contributed by atoms with E-state index in [0.717, 1.165) is 23.3 Å². The first-order chi connectivity index (χ1) is 13.1. The number of fused-ring (bicyclic) bond motifs is 3. The van der Waals surface area contributed by atoms with Crippen LogP contribution in [0.25, 0.3) is 10.9 Å². The van der Waals surface area contributed by atoms with E-state index >= 15 is 0 Å². The normalized spacial score (nSPS) is 13.4. The number of benzene rings is 1. The Morgan fingerprint density at radius 1 is 1.19 bits per heavy atom. The molecule has 0 spiro atoms. The maximum absolute atomic E-state index is 12.6. The number of hydrogen-bond acceptors (Lipinski definition) is 6. The van der Waals surface area contributed by atoms with Crippen molar-refractivity contribution >= 4 is 22.6 Å². The van der Waals surface area contributed by atoms with E-state index in [-0.39, 0.29) is 5.91 Å². The molecular weight excluding hydrogens is 346 g/mol. The van der Waals surface area contributed by atoms with Gasteiger partial charge in [0.15, 0.2) is 11.5 Å². The van der Waals surface area contributed by atoms with Crippen LogP contribution in [-0.2, 0) is 6.54 Å². The Morgan fingerprint density at radius 2 is 1.96 bits per heavy atom. The van der Waals surface area contributed by atoms with Crippen LogP contribution in [0.15, 0.2) is 35.6 Å². The Morgan fingerprint density at radius 3 is 2.70 bits per heavy atom. The van der Waals surface area contributed by atoms with Crippen molar-refractivity contribution in [3.63, 3.8) is 0 Å². The van der Waals surface area contributed by atoms with E-state index in [2.05, 4.69) is 20.3 Å². The molecule has 1 amide bonds. The zero-order valence-corrected chi connectivity index (χ0v) is 15.3. The molecule has 3 heterocycles. The molecule has 1 N–H and O–H groups in total. The molecule has 1 aliphatic heterocycles. The Bertz CT molecular complexity index is 1120. The molecule has 8 heteroatoms. The summed E-state index contributed by atoms with van der Waals surface area (Å²) in [5, 5.41) is 4.22. The molecule has 138 valence electrons. The maximum Gasteiger partial charge on any atom is 0.281 e. The minimum Gasteiger partial charge on any atom is -0.493 e. The molecule has 0 radical (unpaired) electrons. The fraction of sp³-hybridized carbons (Fsp3) is 0.263. The third-order valence-corrected chi connectivity index (χ3v) is 4.44. The molecule has 8 nitrogen and oxygen atoms in total. The van der Waals surface area contributed by atoms with Gasteiger partial charge in [-0.25, -0.2) is 4.98 Å². The van der Waals surface area contributed by atoms with Gasteiger partial charge in [-0.3, -0.25) is 14.3 Å². The van der Waals surface area contributed by atoms with Crippen molar-refractivity contribution in [3.05, 3.63) is 47.3 Å². The van der Waals surface area contributed by atoms with E-state index in [0.29, 0.717) is 34.7 Å². The second-order valence-electron chi connectivity index (χ2n) is 6.23. The van der Waals surface area contributed by atoms with E-state index in [9.17, 15) is 4.79 Å². The van der Waals surface area contributed by atoms with Gasteiger partial charge in [0.25, 0.3) is 5.91 Å². The number of carbonyl (C=O) groups excluding carboxylic acids is 1. The third kappa shape index (κ3) is 2.99. The fourth-order valence-electron chi connectivity index (χ4n) is 3.17. The number of aryl methyl sites for hydroxylation is 1. The van der Waals surface area contributed by atoms with Gasteiger partial charge < -0.3 is 14.8 Å². The summed E-state index contributed by atoms with van der Waals surface area (Å²) in [7, 11) is 3.17. The van der Waals surface area contributed by atoms with Crippen LogP contribution in [0.4, 0.5) is 5.82 Å². The van der Waals surface area contributed by atoms with Crippen molar-refractivity contribution in [1.82, 2.24) is 14.5 Å². The number of nitrogens with zero attached hydrogens (tertiary/aromatic N) is 4. The molecule has 4 rings (SSSR count). The first-order valence-corrected chi connectivity index (χ1v) is 8.52. The van der Waals surface area contributed by atoms with Gasteiger partial charge in [-0.05, 0) is 24.6 Å². The Kier molecular flexibility index (Phi) is 4.23. The largest absolute Gasteiger partial charge is 0.493 e. The van der Waals surface area contributed by atoms with Crippen molar-refractivity contribution < 1.29 is 14.3 Å². The number of rotatable bonds is 3. The second kappa shape index (κ2) is 6.71. The Labute approximate surface area is 155 Å². The lowest BCUT2D eigenvalue weighted by molar-refractivity contribution is 0.0996. The summed E-state index contributed by atoms with van der Waals surface area (Å²) in [6.07, 6.45) is 3.21. The summed E-state index contributed by atoms with van der Waals surface area (Å²) in [5.41, 5.74) is 2.35. The molecule has 3 aromatic rings. The van der Waals surface area contributed by atoms with Gasteiger partial charge in [0.2, 0.25) is 5.62 Å². The summed E-state index contributed by atoms with van der Waals surface area (Å²) in [6, 6.07) is 5.42. The SMILES string of the molecule is COc1cc2nc(=NC(=O)c3cncc(C)c3)n3c(c2cc1OC)NCC3. The van der Waals surface area contributed by atoms with Crippen LogP contribution in [0.3, 0.4) is 0 Å². The predicted octanol–water partition coefficient (Wildman–Crippen LogP) is 1.92. The predicted molar refractivity (Wildman–Crippen MR) is 100 cm³/mol. The van der Waals surface area contributed by atoms with Gasteiger partial charge >= 0.3 is 0 Å². The molecule has 27 heavy (non-hydrogen) atoms. The quantitative estimate of drug-likeness (QED) is 0.763. The number of ether oxygens (including phenoxy) is 2. The zero-order valence-electron chi connectivity index (χ0n) is 15.3. The van der Waals surface area contributed by atoms with Gasteiger partial charge in [0, 0.05) is 36.9 Å². The topological polar surface area (TPSA) is 90.6 Å². The van der Waals surface area contributed by atoms with Crippen molar-refractivity contribution in [1.29, 1.82) is 0 Å². The minimum absolute atomic E-state index is 0.348. The van der Waals surface area contributed by atoms with E-state index < -0.39 is 0 Å². The number of amides is 1. The number of anilines is 1. The molecule has 1 aromatic carbocycles. The Hall–Kier alpha value is -3.42. The van der Waals surface area contributed by atoms with Gasteiger partial charge in [0.1, 0.15) is 5.82 Å². The Balaban J connectivity index is 1.92. The number of nitrogens with one attached hydrogen (secondary N) is 1. The minimum atomic E-state index is -0.375. The monoisotopic (exact) mass is 365 g/mol. The number of carbonyl (C=O) groups is 1. The fourth-order valence-corrected chi connectivity index (χ4v) is 3.17. The van der Waals surface area contributed by atoms with Crippen LogP contribution in [0, 0.1) is 6.92 Å². The smallest absolute Gasteiger partial charge is 0.281 e. The highest BCUT2D eigenvalue weighted by molar-refractivity contribution is 5.95. The van der Waals surface area contributed by atoms with Crippen LogP contribution < -0.4 is 20.4 Å². The molecule has 2 aromatic heterocycles. The first-order valence-electron chi connectivity index (χ1n) is 8.52. The number of pyridine rings is 1. The summed E-state index contributed by atoms with van der Waals surface area (Å²) < 4.78 is 12.7. The van der Waals surface area contributed by atoms with Crippen molar-refractivity contribution in [2.45, 2.75) is 13.5 Å². The number of aromatic nitrogens is 3. The van der Waals surface area contributed by atoms with E-state index in [1.165, 1.54) is 6.20 Å².